The van der Waals surface area contributed by atoms with Crippen LogP contribution < -0.4 is 4.90 Å². The highest BCUT2D eigenvalue weighted by Gasteiger charge is 2.31. The summed E-state index contributed by atoms with van der Waals surface area (Å²) in [4.78, 5) is 25.8. The van der Waals surface area contributed by atoms with E-state index in [9.17, 15) is 9.18 Å². The number of piperidine rings is 1. The van der Waals surface area contributed by atoms with Crippen LogP contribution in [0.2, 0.25) is 0 Å². The molecule has 3 aromatic rings. The first-order chi connectivity index (χ1) is 14.6. The summed E-state index contributed by atoms with van der Waals surface area (Å²) in [6, 6.07) is 6.15. The molecule has 1 amide bonds. The summed E-state index contributed by atoms with van der Waals surface area (Å²) >= 11 is 0. The summed E-state index contributed by atoms with van der Waals surface area (Å²) in [5.41, 5.74) is 2.85. The molecule has 8 heteroatoms. The van der Waals surface area contributed by atoms with E-state index in [1.54, 1.807) is 11.0 Å². The van der Waals surface area contributed by atoms with Gasteiger partial charge in [0.2, 0.25) is 5.95 Å². The average molecular weight is 408 g/mol. The number of halogens is 1. The topological polar surface area (TPSA) is 66.6 Å². The Hall–Kier alpha value is -3.03. The summed E-state index contributed by atoms with van der Waals surface area (Å²) in [6.45, 7) is 4.75. The average Bonchev–Trinajstić information content (AvgIpc) is 3.42. The fourth-order valence-corrected chi connectivity index (χ4v) is 4.59. The van der Waals surface area contributed by atoms with Crippen molar-refractivity contribution >= 4 is 17.4 Å². The van der Waals surface area contributed by atoms with Gasteiger partial charge in [-0.15, -0.1) is 0 Å². The van der Waals surface area contributed by atoms with Crippen molar-refractivity contribution in [3.8, 4) is 0 Å². The van der Waals surface area contributed by atoms with Crippen molar-refractivity contribution in [1.82, 2.24) is 24.5 Å². The van der Waals surface area contributed by atoms with E-state index in [4.69, 9.17) is 10.1 Å². The first-order valence-corrected chi connectivity index (χ1v) is 10.7. The number of aryl methyl sites for hydroxylation is 1. The number of aromatic nitrogens is 4. The monoisotopic (exact) mass is 408 g/mol. The van der Waals surface area contributed by atoms with Gasteiger partial charge in [-0.3, -0.25) is 4.79 Å². The molecule has 156 valence electrons. The second kappa shape index (κ2) is 7.66. The molecule has 2 fully saturated rings. The second-order valence-corrected chi connectivity index (χ2v) is 8.17. The van der Waals surface area contributed by atoms with Crippen molar-refractivity contribution in [3.05, 3.63) is 53.4 Å². The van der Waals surface area contributed by atoms with E-state index in [0.29, 0.717) is 6.54 Å². The number of rotatable bonds is 3. The van der Waals surface area contributed by atoms with Crippen LogP contribution in [0, 0.1) is 12.9 Å². The zero-order valence-electron chi connectivity index (χ0n) is 17.1. The first kappa shape index (κ1) is 19.0. The maximum Gasteiger partial charge on any atom is 0.273 e. The Morgan fingerprint density at radius 1 is 1.10 bits per heavy atom. The largest absolute Gasteiger partial charge is 0.356 e. The second-order valence-electron chi connectivity index (χ2n) is 8.17. The standard InChI is InChI=1S/C22H25FN6O/c1-15-14-29-20(25-21(15)27-10-4-5-11-27)13-17(26-29)18-8-2-3-12-28(18)22(30)16-7-6-9-19(23)24-16/h6-7,9,13-14,18H,2-5,8,10-12H2,1H3/t18-/m0/s1. The SMILES string of the molecule is Cc1cn2nc([C@@H]3CCCCN3C(=O)c3cccc(F)n3)cc2nc1N1CCCC1. The lowest BCUT2D eigenvalue weighted by molar-refractivity contribution is 0.0598. The number of hydrogen-bond acceptors (Lipinski definition) is 5. The third kappa shape index (κ3) is 3.40. The van der Waals surface area contributed by atoms with Gasteiger partial charge in [0, 0.05) is 37.5 Å². The predicted molar refractivity (Wildman–Crippen MR) is 111 cm³/mol. The Morgan fingerprint density at radius 3 is 2.70 bits per heavy atom. The zero-order valence-corrected chi connectivity index (χ0v) is 17.1. The lowest BCUT2D eigenvalue weighted by Gasteiger charge is -2.34. The molecule has 3 aromatic heterocycles. The maximum atomic E-state index is 13.5. The normalized spacial score (nSPS) is 19.6. The summed E-state index contributed by atoms with van der Waals surface area (Å²) < 4.78 is 15.4. The molecule has 2 aliphatic heterocycles. The molecule has 5 rings (SSSR count). The Kier molecular flexibility index (Phi) is 4.84. The molecule has 2 aliphatic rings. The van der Waals surface area contributed by atoms with Crippen molar-refractivity contribution in [2.24, 2.45) is 0 Å². The first-order valence-electron chi connectivity index (χ1n) is 10.7. The minimum Gasteiger partial charge on any atom is -0.356 e. The highest BCUT2D eigenvalue weighted by molar-refractivity contribution is 5.92. The van der Waals surface area contributed by atoms with Crippen molar-refractivity contribution in [2.75, 3.05) is 24.5 Å². The third-order valence-corrected chi connectivity index (χ3v) is 6.07. The van der Waals surface area contributed by atoms with Crippen LogP contribution >= 0.6 is 0 Å². The lowest BCUT2D eigenvalue weighted by Crippen LogP contribution is -2.39. The number of pyridine rings is 1. The van der Waals surface area contributed by atoms with Crippen LogP contribution in [-0.2, 0) is 0 Å². The molecule has 1 atom stereocenters. The van der Waals surface area contributed by atoms with Gasteiger partial charge in [0.1, 0.15) is 11.5 Å². The zero-order chi connectivity index (χ0) is 20.7. The molecule has 2 saturated heterocycles. The van der Waals surface area contributed by atoms with E-state index >= 15 is 0 Å². The number of nitrogens with zero attached hydrogens (tertiary/aromatic N) is 6. The summed E-state index contributed by atoms with van der Waals surface area (Å²) in [5.74, 6) is 0.126. The van der Waals surface area contributed by atoms with Gasteiger partial charge in [0.15, 0.2) is 5.65 Å². The van der Waals surface area contributed by atoms with Crippen LogP contribution in [0.25, 0.3) is 5.65 Å². The van der Waals surface area contributed by atoms with Gasteiger partial charge >= 0.3 is 0 Å². The van der Waals surface area contributed by atoms with Gasteiger partial charge in [-0.05, 0) is 51.2 Å². The van der Waals surface area contributed by atoms with Crippen LogP contribution in [0.15, 0.2) is 30.5 Å². The molecule has 0 spiro atoms. The van der Waals surface area contributed by atoms with Gasteiger partial charge in [-0.1, -0.05) is 6.07 Å². The Morgan fingerprint density at radius 2 is 1.90 bits per heavy atom. The van der Waals surface area contributed by atoms with Gasteiger partial charge in [0.05, 0.1) is 11.7 Å². The van der Waals surface area contributed by atoms with Crippen LogP contribution in [0.1, 0.15) is 59.9 Å². The molecule has 30 heavy (non-hydrogen) atoms. The number of amides is 1. The molecule has 0 radical (unpaired) electrons. The van der Waals surface area contributed by atoms with Crippen LogP contribution in [0.4, 0.5) is 10.2 Å². The van der Waals surface area contributed by atoms with Gasteiger partial charge in [-0.2, -0.15) is 9.49 Å². The van der Waals surface area contributed by atoms with Crippen LogP contribution in [-0.4, -0.2) is 50.0 Å². The van der Waals surface area contributed by atoms with E-state index in [1.165, 1.54) is 25.0 Å². The molecule has 0 bridgehead atoms. The predicted octanol–water partition coefficient (Wildman–Crippen LogP) is 3.54. The van der Waals surface area contributed by atoms with E-state index in [1.807, 2.05) is 16.8 Å². The lowest BCUT2D eigenvalue weighted by atomic mass is 9.99. The number of fused-ring (bicyclic) bond motifs is 1. The molecule has 7 nitrogen and oxygen atoms in total. The number of carbonyl (C=O) groups excluding carboxylic acids is 1. The van der Waals surface area contributed by atoms with Crippen molar-refractivity contribution < 1.29 is 9.18 Å². The van der Waals surface area contributed by atoms with Crippen LogP contribution in [0.3, 0.4) is 0 Å². The minimum absolute atomic E-state index is 0.135. The quantitative estimate of drug-likeness (QED) is 0.620. The maximum absolute atomic E-state index is 13.5. The van der Waals surface area contributed by atoms with Crippen molar-refractivity contribution in [1.29, 1.82) is 0 Å². The van der Waals surface area contributed by atoms with E-state index in [0.717, 1.165) is 55.1 Å². The number of likely N-dealkylation sites (tertiary alicyclic amines) is 1. The fourth-order valence-electron chi connectivity index (χ4n) is 4.59. The molecule has 0 saturated carbocycles. The number of hydrogen-bond donors (Lipinski definition) is 0. The Labute approximate surface area is 174 Å². The molecular weight excluding hydrogens is 383 g/mol. The van der Waals surface area contributed by atoms with Crippen LogP contribution in [0.5, 0.6) is 0 Å². The fraction of sp³-hybridized carbons (Fsp3) is 0.455. The van der Waals surface area contributed by atoms with E-state index in [2.05, 4.69) is 16.8 Å². The third-order valence-electron chi connectivity index (χ3n) is 6.07. The summed E-state index contributed by atoms with van der Waals surface area (Å²) in [7, 11) is 0. The smallest absolute Gasteiger partial charge is 0.273 e. The van der Waals surface area contributed by atoms with Gasteiger partial charge in [0.25, 0.3) is 5.91 Å². The van der Waals surface area contributed by atoms with E-state index in [-0.39, 0.29) is 17.6 Å². The molecule has 0 aliphatic carbocycles. The Balaban J connectivity index is 1.48. The molecular formula is C22H25FN6O. The Bertz CT molecular complexity index is 1090. The molecule has 0 N–H and O–H groups in total. The minimum atomic E-state index is -0.642. The summed E-state index contributed by atoms with van der Waals surface area (Å²) in [6.07, 6.45) is 7.17. The highest BCUT2D eigenvalue weighted by Crippen LogP contribution is 2.32. The summed E-state index contributed by atoms with van der Waals surface area (Å²) in [5, 5.41) is 4.76. The highest BCUT2D eigenvalue weighted by atomic mass is 19.1. The number of anilines is 1. The number of carbonyl (C=O) groups is 1. The van der Waals surface area contributed by atoms with Crippen molar-refractivity contribution in [3.63, 3.8) is 0 Å². The van der Waals surface area contributed by atoms with Gasteiger partial charge in [-0.25, -0.2) is 14.5 Å². The van der Waals surface area contributed by atoms with Gasteiger partial charge < -0.3 is 9.80 Å². The molecule has 5 heterocycles. The van der Waals surface area contributed by atoms with Crippen molar-refractivity contribution in [2.45, 2.75) is 45.1 Å². The van der Waals surface area contributed by atoms with E-state index < -0.39 is 5.95 Å². The molecule has 0 unspecified atom stereocenters. The molecule has 0 aromatic carbocycles.